The van der Waals surface area contributed by atoms with Crippen molar-refractivity contribution in [3.8, 4) is 5.75 Å². The zero-order valence-corrected chi connectivity index (χ0v) is 19.3. The van der Waals surface area contributed by atoms with Crippen LogP contribution in [0.25, 0.3) is 0 Å². The number of ether oxygens (including phenoxy) is 1. The van der Waals surface area contributed by atoms with Crippen LogP contribution in [0.5, 0.6) is 5.75 Å². The molecular formula is C29H34O3. The van der Waals surface area contributed by atoms with Gasteiger partial charge in [-0.25, -0.2) is 0 Å². The van der Waals surface area contributed by atoms with E-state index in [0.717, 1.165) is 44.3 Å². The number of carbonyl (C=O) groups excluding carboxylic acids is 1. The largest absolute Gasteiger partial charge is 0.490 e. The molecule has 0 amide bonds. The number of rotatable bonds is 2. The number of fused-ring (bicyclic) bond motifs is 4. The van der Waals surface area contributed by atoms with Crippen molar-refractivity contribution in [3.63, 3.8) is 0 Å². The van der Waals surface area contributed by atoms with E-state index >= 15 is 0 Å². The van der Waals surface area contributed by atoms with Crippen molar-refractivity contribution in [2.24, 2.45) is 56.2 Å². The summed E-state index contributed by atoms with van der Waals surface area (Å²) in [4.78, 5) is 13.5. The van der Waals surface area contributed by atoms with Gasteiger partial charge in [-0.2, -0.15) is 0 Å². The highest BCUT2D eigenvalue weighted by molar-refractivity contribution is 6.02. The van der Waals surface area contributed by atoms with E-state index in [9.17, 15) is 9.90 Å². The fourth-order valence-electron chi connectivity index (χ4n) is 12.3. The Morgan fingerprint density at radius 1 is 1.03 bits per heavy atom. The van der Waals surface area contributed by atoms with Gasteiger partial charge in [-0.1, -0.05) is 32.0 Å². The molecule has 1 aromatic rings. The molecule has 0 heterocycles. The standard InChI is InChI=1S/C29H34O3/c1-24-10-9-18-20(21(24)26-14-27(26,15-26)23(24)31)22(30)28-13-19(28)29(28)12-17(8-11-25(18,29)2)32-16-6-4-3-5-7-16/h3-7,17-22,30H,8-15H2,1-2H3/t17-,18?,19?,20?,21?,22+,24-,25+,26?,27?,28?,29-/m0/s1. The first-order chi connectivity index (χ1) is 15.3. The second-order valence-electron chi connectivity index (χ2n) is 14.0. The minimum atomic E-state index is -0.190. The molecule has 0 bridgehead atoms. The van der Waals surface area contributed by atoms with Crippen molar-refractivity contribution in [2.45, 2.75) is 77.4 Å². The molecule has 8 saturated carbocycles. The molecule has 0 aromatic heterocycles. The second kappa shape index (κ2) is 4.61. The van der Waals surface area contributed by atoms with Crippen LogP contribution < -0.4 is 4.74 Å². The summed E-state index contributed by atoms with van der Waals surface area (Å²) in [5.74, 6) is 3.70. The maximum Gasteiger partial charge on any atom is 0.145 e. The minimum Gasteiger partial charge on any atom is -0.490 e. The lowest BCUT2D eigenvalue weighted by molar-refractivity contribution is -0.211. The van der Waals surface area contributed by atoms with Crippen LogP contribution in [-0.4, -0.2) is 23.1 Å². The van der Waals surface area contributed by atoms with Crippen LogP contribution in [-0.2, 0) is 4.79 Å². The number of hydrogen-bond donors (Lipinski definition) is 1. The molecule has 1 N–H and O–H groups in total. The van der Waals surface area contributed by atoms with Gasteiger partial charge in [0, 0.05) is 16.2 Å². The van der Waals surface area contributed by atoms with Gasteiger partial charge < -0.3 is 9.84 Å². The Morgan fingerprint density at radius 2 is 1.81 bits per heavy atom. The van der Waals surface area contributed by atoms with E-state index in [0.29, 0.717) is 40.3 Å². The molecule has 10 atom stereocenters. The second-order valence-corrected chi connectivity index (χ2v) is 14.0. The number of hydrogen-bond acceptors (Lipinski definition) is 3. The molecule has 8 fully saturated rings. The Labute approximate surface area is 190 Å². The van der Waals surface area contributed by atoms with Crippen molar-refractivity contribution in [2.75, 3.05) is 0 Å². The summed E-state index contributed by atoms with van der Waals surface area (Å²) >= 11 is 0. The quantitative estimate of drug-likeness (QED) is 0.717. The van der Waals surface area contributed by atoms with Gasteiger partial charge in [0.2, 0.25) is 0 Å². The molecule has 0 radical (unpaired) electrons. The van der Waals surface area contributed by atoms with Crippen molar-refractivity contribution in [1.29, 1.82) is 0 Å². The van der Waals surface area contributed by atoms with Crippen molar-refractivity contribution in [3.05, 3.63) is 30.3 Å². The van der Waals surface area contributed by atoms with Crippen molar-refractivity contribution < 1.29 is 14.6 Å². The zero-order chi connectivity index (χ0) is 21.5. The maximum atomic E-state index is 13.5. The summed E-state index contributed by atoms with van der Waals surface area (Å²) in [6.45, 7) is 4.90. The smallest absolute Gasteiger partial charge is 0.145 e. The Hall–Kier alpha value is -1.35. The minimum absolute atomic E-state index is 0.0713. The predicted molar refractivity (Wildman–Crippen MR) is 119 cm³/mol. The van der Waals surface area contributed by atoms with Gasteiger partial charge in [0.15, 0.2) is 0 Å². The van der Waals surface area contributed by atoms with Gasteiger partial charge in [0.1, 0.15) is 11.5 Å². The first-order valence-electron chi connectivity index (χ1n) is 13.3. The summed E-state index contributed by atoms with van der Waals surface area (Å²) in [5.41, 5.74) is 0.987. The van der Waals surface area contributed by atoms with Crippen LogP contribution in [0.4, 0.5) is 0 Å². The fraction of sp³-hybridized carbons (Fsp3) is 0.759. The number of benzene rings is 1. The van der Waals surface area contributed by atoms with E-state index < -0.39 is 0 Å². The summed E-state index contributed by atoms with van der Waals surface area (Å²) in [6, 6.07) is 10.3. The number of para-hydroxylation sites is 1. The number of aliphatic hydroxyl groups excluding tert-OH is 1. The van der Waals surface area contributed by atoms with E-state index in [1.54, 1.807) is 0 Å². The number of aliphatic hydroxyl groups is 1. The summed E-state index contributed by atoms with van der Waals surface area (Å²) in [6.07, 6.45) is 9.32. The summed E-state index contributed by atoms with van der Waals surface area (Å²) < 4.78 is 6.50. The predicted octanol–water partition coefficient (Wildman–Crippen LogP) is 5.02. The lowest BCUT2D eigenvalue weighted by Crippen LogP contribution is -2.64. The van der Waals surface area contributed by atoms with Crippen LogP contribution in [0.15, 0.2) is 30.3 Å². The molecule has 168 valence electrons. The third-order valence-electron chi connectivity index (χ3n) is 13.7. The van der Waals surface area contributed by atoms with Crippen LogP contribution >= 0.6 is 0 Å². The summed E-state index contributed by atoms with van der Waals surface area (Å²) in [7, 11) is 0. The lowest BCUT2D eigenvalue weighted by atomic mass is 9.39. The van der Waals surface area contributed by atoms with E-state index in [2.05, 4.69) is 38.1 Å². The van der Waals surface area contributed by atoms with E-state index in [1.807, 2.05) is 6.07 Å². The zero-order valence-electron chi connectivity index (χ0n) is 19.3. The Morgan fingerprint density at radius 3 is 2.56 bits per heavy atom. The van der Waals surface area contributed by atoms with Crippen LogP contribution in [0.2, 0.25) is 0 Å². The molecule has 3 heteroatoms. The molecule has 32 heavy (non-hydrogen) atoms. The van der Waals surface area contributed by atoms with Crippen LogP contribution in [0.3, 0.4) is 0 Å². The van der Waals surface area contributed by atoms with Crippen molar-refractivity contribution >= 4 is 5.78 Å². The van der Waals surface area contributed by atoms with Gasteiger partial charge in [-0.15, -0.1) is 0 Å². The Bertz CT molecular complexity index is 1100. The molecule has 3 nitrogen and oxygen atoms in total. The number of carbonyl (C=O) groups is 1. The molecule has 5 unspecified atom stereocenters. The first kappa shape index (κ1) is 18.0. The lowest BCUT2D eigenvalue weighted by Gasteiger charge is -2.65. The Kier molecular flexibility index (Phi) is 2.60. The molecule has 8 aliphatic rings. The molecule has 9 rings (SSSR count). The molecule has 0 aliphatic heterocycles. The van der Waals surface area contributed by atoms with E-state index in [4.69, 9.17) is 4.74 Å². The van der Waals surface area contributed by atoms with E-state index in [-0.39, 0.29) is 33.9 Å². The highest BCUT2D eigenvalue weighted by atomic mass is 16.5. The van der Waals surface area contributed by atoms with Gasteiger partial charge >= 0.3 is 0 Å². The van der Waals surface area contributed by atoms with Gasteiger partial charge in [0.05, 0.1) is 12.2 Å². The van der Waals surface area contributed by atoms with Gasteiger partial charge in [0.25, 0.3) is 0 Å². The molecule has 1 aromatic carbocycles. The van der Waals surface area contributed by atoms with E-state index in [1.165, 1.54) is 12.8 Å². The topological polar surface area (TPSA) is 46.5 Å². The molecule has 8 aliphatic carbocycles. The normalized spacial score (nSPS) is 65.8. The maximum absolute atomic E-state index is 13.5. The molecule has 2 spiro atoms. The monoisotopic (exact) mass is 430 g/mol. The third kappa shape index (κ3) is 1.43. The third-order valence-corrected chi connectivity index (χ3v) is 13.7. The number of Topliss-reactive ketones (excluding diaryl/α,β-unsaturated/α-hetero) is 1. The average Bonchev–Trinajstić information content (AvgIpc) is 3.67. The highest BCUT2D eigenvalue weighted by Gasteiger charge is 3.02. The highest BCUT2D eigenvalue weighted by Crippen LogP contribution is 3.03. The summed E-state index contributed by atoms with van der Waals surface area (Å²) in [5, 5.41) is 12.1. The molecule has 0 saturated heterocycles. The SMILES string of the molecule is C[C@]12CCC3C(C1C14CC1(C4)C2=O)[C@@H](O)C12CC1[C@]21C[C@@H](Oc2ccccc2)CC[C@]31C. The number of ketones is 1. The van der Waals surface area contributed by atoms with Crippen LogP contribution in [0, 0.1) is 56.2 Å². The van der Waals surface area contributed by atoms with Gasteiger partial charge in [-0.3, -0.25) is 4.79 Å². The van der Waals surface area contributed by atoms with Crippen molar-refractivity contribution in [1.82, 2.24) is 0 Å². The Balaban J connectivity index is 1.11. The van der Waals surface area contributed by atoms with Gasteiger partial charge in [-0.05, 0) is 103 Å². The average molecular weight is 431 g/mol. The molecular weight excluding hydrogens is 396 g/mol. The van der Waals surface area contributed by atoms with Crippen LogP contribution in [0.1, 0.15) is 65.2 Å². The first-order valence-corrected chi connectivity index (χ1v) is 13.3. The fourth-order valence-corrected chi connectivity index (χ4v) is 12.3.